The van der Waals surface area contributed by atoms with Crippen LogP contribution < -0.4 is 10.2 Å². The minimum absolute atomic E-state index is 0.0303. The summed E-state index contributed by atoms with van der Waals surface area (Å²) in [7, 11) is 0. The number of nitrogens with one attached hydrogen (secondary N) is 1. The molecule has 0 bridgehead atoms. The summed E-state index contributed by atoms with van der Waals surface area (Å²) in [5.41, 5.74) is 1.57. The number of urea groups is 1. The molecule has 2 fully saturated rings. The van der Waals surface area contributed by atoms with Crippen molar-refractivity contribution in [1.82, 2.24) is 15.2 Å². The number of piperazine rings is 1. The summed E-state index contributed by atoms with van der Waals surface area (Å²) in [5, 5.41) is 12.7. The fourth-order valence-corrected chi connectivity index (χ4v) is 4.99. The molecule has 170 valence electrons. The predicted molar refractivity (Wildman–Crippen MR) is 123 cm³/mol. The highest BCUT2D eigenvalue weighted by Crippen LogP contribution is 2.40. The molecule has 1 aliphatic heterocycles. The molecule has 8 heteroatoms. The third kappa shape index (κ3) is 4.19. The maximum absolute atomic E-state index is 12.9. The van der Waals surface area contributed by atoms with E-state index in [4.69, 9.17) is 8.83 Å². The number of nitrogens with zero attached hydrogens (tertiary/aromatic N) is 4. The average molecular weight is 446 g/mol. The molecule has 1 saturated carbocycles. The van der Waals surface area contributed by atoms with E-state index in [-0.39, 0.29) is 23.0 Å². The van der Waals surface area contributed by atoms with Crippen molar-refractivity contribution in [3.05, 3.63) is 60.0 Å². The van der Waals surface area contributed by atoms with Crippen molar-refractivity contribution in [1.29, 1.82) is 5.26 Å². The highest BCUT2D eigenvalue weighted by atomic mass is 16.4. The number of nitriles is 1. The molecule has 1 aliphatic carbocycles. The number of carbonyl (C=O) groups is 1. The van der Waals surface area contributed by atoms with Crippen LogP contribution in [0, 0.1) is 11.3 Å². The maximum atomic E-state index is 12.9. The summed E-state index contributed by atoms with van der Waals surface area (Å²) in [6.45, 7) is 2.89. The van der Waals surface area contributed by atoms with E-state index in [2.05, 4.69) is 40.6 Å². The lowest BCUT2D eigenvalue weighted by Gasteiger charge is -2.36. The number of oxazole rings is 1. The van der Waals surface area contributed by atoms with Gasteiger partial charge in [0, 0.05) is 38.1 Å². The molecule has 0 radical (unpaired) electrons. The molecular weight excluding hydrogens is 418 g/mol. The number of furan rings is 1. The molecule has 0 spiro atoms. The lowest BCUT2D eigenvalue weighted by molar-refractivity contribution is 0.190. The van der Waals surface area contributed by atoms with E-state index in [0.717, 1.165) is 12.8 Å². The Morgan fingerprint density at radius 1 is 1.09 bits per heavy atom. The van der Waals surface area contributed by atoms with Gasteiger partial charge < -0.3 is 24.0 Å². The number of hydrogen-bond donors (Lipinski definition) is 1. The molecule has 2 aromatic heterocycles. The van der Waals surface area contributed by atoms with Crippen LogP contribution in [0.5, 0.6) is 0 Å². The summed E-state index contributed by atoms with van der Waals surface area (Å²) in [4.78, 5) is 21.0. The largest absolute Gasteiger partial charge is 0.459 e. The molecule has 1 saturated heterocycles. The van der Waals surface area contributed by atoms with Crippen molar-refractivity contribution in [2.24, 2.45) is 0 Å². The summed E-state index contributed by atoms with van der Waals surface area (Å²) in [6.07, 6.45) is 6.14. The molecule has 2 amide bonds. The zero-order valence-electron chi connectivity index (χ0n) is 18.5. The van der Waals surface area contributed by atoms with Crippen LogP contribution in [-0.2, 0) is 5.41 Å². The number of aromatic nitrogens is 1. The average Bonchev–Trinajstić information content (AvgIpc) is 3.64. The smallest absolute Gasteiger partial charge is 0.317 e. The van der Waals surface area contributed by atoms with Gasteiger partial charge in [0.05, 0.1) is 6.26 Å². The first kappa shape index (κ1) is 21.1. The molecular formula is C25H27N5O3. The van der Waals surface area contributed by atoms with Gasteiger partial charge in [-0.1, -0.05) is 43.2 Å². The Hall–Kier alpha value is -3.73. The Kier molecular flexibility index (Phi) is 5.78. The van der Waals surface area contributed by atoms with Gasteiger partial charge in [-0.05, 0) is 30.5 Å². The Morgan fingerprint density at radius 3 is 2.52 bits per heavy atom. The van der Waals surface area contributed by atoms with Gasteiger partial charge in [-0.25, -0.2) is 4.79 Å². The fraction of sp³-hybridized carbons (Fsp3) is 0.400. The van der Waals surface area contributed by atoms with Crippen molar-refractivity contribution < 1.29 is 13.6 Å². The number of carbonyl (C=O) groups excluding carboxylic acids is 1. The Morgan fingerprint density at radius 2 is 1.85 bits per heavy atom. The first-order chi connectivity index (χ1) is 16.2. The minimum atomic E-state index is -0.0359. The number of hydrogen-bond acceptors (Lipinski definition) is 6. The van der Waals surface area contributed by atoms with E-state index in [0.29, 0.717) is 44.4 Å². The normalized spacial score (nSPS) is 17.7. The van der Waals surface area contributed by atoms with Crippen molar-refractivity contribution in [3.63, 3.8) is 0 Å². The van der Waals surface area contributed by atoms with Crippen LogP contribution in [0.2, 0.25) is 0 Å². The van der Waals surface area contributed by atoms with E-state index in [9.17, 15) is 10.1 Å². The summed E-state index contributed by atoms with van der Waals surface area (Å²) in [5.74, 6) is 1.20. The number of rotatable bonds is 5. The van der Waals surface area contributed by atoms with E-state index in [1.165, 1.54) is 24.7 Å². The highest BCUT2D eigenvalue weighted by molar-refractivity contribution is 5.74. The highest BCUT2D eigenvalue weighted by Gasteiger charge is 2.36. The molecule has 5 rings (SSSR count). The maximum Gasteiger partial charge on any atom is 0.317 e. The quantitative estimate of drug-likeness (QED) is 0.633. The molecule has 3 aromatic rings. The standard InChI is InChI=1S/C25H27N5O3/c26-17-20-23(33-22(28-20)21-9-6-16-32-21)29-12-14-30(15-13-29)24(31)27-18-25(10-4-5-11-25)19-7-2-1-3-8-19/h1-3,6-9,16H,4-5,10-15,18H2,(H,27,31). The van der Waals surface area contributed by atoms with Crippen molar-refractivity contribution in [2.45, 2.75) is 31.1 Å². The van der Waals surface area contributed by atoms with Crippen LogP contribution in [0.15, 0.2) is 57.6 Å². The van der Waals surface area contributed by atoms with Gasteiger partial charge in [0.1, 0.15) is 6.07 Å². The lowest BCUT2D eigenvalue weighted by Crippen LogP contribution is -2.53. The van der Waals surface area contributed by atoms with Crippen LogP contribution in [-0.4, -0.2) is 48.6 Å². The second-order valence-corrected chi connectivity index (χ2v) is 8.75. The monoisotopic (exact) mass is 445 g/mol. The van der Waals surface area contributed by atoms with Gasteiger partial charge in [-0.15, -0.1) is 0 Å². The van der Waals surface area contributed by atoms with Gasteiger partial charge >= 0.3 is 6.03 Å². The predicted octanol–water partition coefficient (Wildman–Crippen LogP) is 4.15. The zero-order chi connectivity index (χ0) is 22.7. The van der Waals surface area contributed by atoms with Gasteiger partial charge in [-0.3, -0.25) is 0 Å². The molecule has 3 heterocycles. The van der Waals surface area contributed by atoms with Crippen molar-refractivity contribution in [3.8, 4) is 17.7 Å². The van der Waals surface area contributed by atoms with E-state index in [1.807, 2.05) is 15.9 Å². The summed E-state index contributed by atoms with van der Waals surface area (Å²) < 4.78 is 11.2. The van der Waals surface area contributed by atoms with E-state index < -0.39 is 0 Å². The number of anilines is 1. The molecule has 1 aromatic carbocycles. The third-order valence-electron chi connectivity index (χ3n) is 6.83. The van der Waals surface area contributed by atoms with E-state index in [1.54, 1.807) is 12.1 Å². The topological polar surface area (TPSA) is 98.5 Å². The van der Waals surface area contributed by atoms with Gasteiger partial charge in [-0.2, -0.15) is 10.2 Å². The lowest BCUT2D eigenvalue weighted by atomic mass is 9.79. The summed E-state index contributed by atoms with van der Waals surface area (Å²) >= 11 is 0. The zero-order valence-corrected chi connectivity index (χ0v) is 18.5. The van der Waals surface area contributed by atoms with Crippen LogP contribution in [0.4, 0.5) is 10.7 Å². The second kappa shape index (κ2) is 9.02. The first-order valence-electron chi connectivity index (χ1n) is 11.5. The van der Waals surface area contributed by atoms with Crippen molar-refractivity contribution in [2.75, 3.05) is 37.6 Å². The Bertz CT molecular complexity index is 1120. The van der Waals surface area contributed by atoms with Crippen molar-refractivity contribution >= 4 is 11.9 Å². The minimum Gasteiger partial charge on any atom is -0.459 e. The van der Waals surface area contributed by atoms with Gasteiger partial charge in [0.15, 0.2) is 5.76 Å². The van der Waals surface area contributed by atoms with Crippen LogP contribution in [0.25, 0.3) is 11.7 Å². The fourth-order valence-electron chi connectivity index (χ4n) is 4.99. The Balaban J connectivity index is 1.20. The van der Waals surface area contributed by atoms with Gasteiger partial charge in [0.25, 0.3) is 5.89 Å². The molecule has 0 unspecified atom stereocenters. The molecule has 33 heavy (non-hydrogen) atoms. The molecule has 0 atom stereocenters. The Labute approximate surface area is 192 Å². The third-order valence-corrected chi connectivity index (χ3v) is 6.83. The van der Waals surface area contributed by atoms with Crippen LogP contribution in [0.1, 0.15) is 36.9 Å². The SMILES string of the molecule is N#Cc1nc(-c2ccco2)oc1N1CCN(C(=O)NCC2(c3ccccc3)CCCC2)CC1. The van der Waals surface area contributed by atoms with Crippen LogP contribution >= 0.6 is 0 Å². The molecule has 1 N–H and O–H groups in total. The van der Waals surface area contributed by atoms with Gasteiger partial charge in [0.2, 0.25) is 11.6 Å². The van der Waals surface area contributed by atoms with E-state index >= 15 is 0 Å². The number of benzene rings is 1. The second-order valence-electron chi connectivity index (χ2n) is 8.75. The molecule has 2 aliphatic rings. The summed E-state index contributed by atoms with van der Waals surface area (Å²) in [6, 6.07) is 16.1. The number of amides is 2. The molecule has 8 nitrogen and oxygen atoms in total. The first-order valence-corrected chi connectivity index (χ1v) is 11.5. The van der Waals surface area contributed by atoms with Crippen LogP contribution in [0.3, 0.4) is 0 Å².